The van der Waals surface area contributed by atoms with Crippen LogP contribution in [0.4, 0.5) is 11.4 Å². The molecule has 2 rings (SSSR count). The Kier molecular flexibility index (Phi) is 4.50. The van der Waals surface area contributed by atoms with Gasteiger partial charge in [0.15, 0.2) is 0 Å². The third-order valence-electron chi connectivity index (χ3n) is 2.69. The van der Waals surface area contributed by atoms with Crippen molar-refractivity contribution >= 4 is 50.8 Å². The molecule has 0 spiro atoms. The number of hydrogen-bond acceptors (Lipinski definition) is 3. The summed E-state index contributed by atoms with van der Waals surface area (Å²) in [5, 5.41) is 21.4. The molecule has 2 aromatic rings. The molecule has 0 bridgehead atoms. The largest absolute Gasteiger partial charge is 0.478 e. The second-order valence-corrected chi connectivity index (χ2v) is 5.47. The summed E-state index contributed by atoms with van der Waals surface area (Å²) in [4.78, 5) is 22.4. The number of anilines is 2. The van der Waals surface area contributed by atoms with Gasteiger partial charge in [-0.2, -0.15) is 0 Å². The molecule has 0 fully saturated rings. The summed E-state index contributed by atoms with van der Waals surface area (Å²) >= 11 is 9.03. The molecule has 0 amide bonds. The van der Waals surface area contributed by atoms with Gasteiger partial charge in [0.1, 0.15) is 0 Å². The van der Waals surface area contributed by atoms with E-state index in [1.165, 1.54) is 24.3 Å². The van der Waals surface area contributed by atoms with Crippen molar-refractivity contribution in [2.45, 2.75) is 0 Å². The van der Waals surface area contributed by atoms with Crippen molar-refractivity contribution in [3.05, 3.63) is 57.0 Å². The molecule has 0 saturated carbocycles. The lowest BCUT2D eigenvalue weighted by molar-refractivity contribution is 0.0688. The molecule has 2 aromatic carbocycles. The van der Waals surface area contributed by atoms with Crippen molar-refractivity contribution in [2.24, 2.45) is 0 Å². The molecule has 0 aliphatic rings. The summed E-state index contributed by atoms with van der Waals surface area (Å²) in [6.07, 6.45) is 0. The lowest BCUT2D eigenvalue weighted by atomic mass is 10.1. The van der Waals surface area contributed by atoms with E-state index in [-0.39, 0.29) is 27.5 Å². The maximum atomic E-state index is 11.2. The van der Waals surface area contributed by atoms with Gasteiger partial charge >= 0.3 is 11.9 Å². The monoisotopic (exact) mass is 369 g/mol. The van der Waals surface area contributed by atoms with Gasteiger partial charge in [0, 0.05) is 9.50 Å². The van der Waals surface area contributed by atoms with Crippen LogP contribution in [0.1, 0.15) is 20.7 Å². The molecule has 0 aliphatic heterocycles. The Labute approximate surface area is 133 Å². The first-order valence-electron chi connectivity index (χ1n) is 5.71. The minimum absolute atomic E-state index is 0.0319. The van der Waals surface area contributed by atoms with Gasteiger partial charge in [-0.25, -0.2) is 9.59 Å². The molecular weight excluding hydrogens is 362 g/mol. The molecule has 108 valence electrons. The summed E-state index contributed by atoms with van der Waals surface area (Å²) in [5.74, 6) is -2.28. The van der Waals surface area contributed by atoms with Crippen LogP contribution in [-0.4, -0.2) is 22.2 Å². The Balaban J connectivity index is 2.50. The van der Waals surface area contributed by atoms with Gasteiger partial charge in [-0.15, -0.1) is 0 Å². The maximum absolute atomic E-state index is 11.2. The smallest absolute Gasteiger partial charge is 0.337 e. The number of hydrogen-bond donors (Lipinski definition) is 3. The summed E-state index contributed by atoms with van der Waals surface area (Å²) in [6.45, 7) is 0. The average molecular weight is 371 g/mol. The fourth-order valence-corrected chi connectivity index (χ4v) is 2.29. The fourth-order valence-electron chi connectivity index (χ4n) is 1.75. The Morgan fingerprint density at radius 3 is 2.24 bits per heavy atom. The van der Waals surface area contributed by atoms with Crippen LogP contribution in [-0.2, 0) is 0 Å². The van der Waals surface area contributed by atoms with Crippen LogP contribution in [0.2, 0.25) is 5.02 Å². The summed E-state index contributed by atoms with van der Waals surface area (Å²) in [5.41, 5.74) is 0.525. The Hall–Kier alpha value is -2.05. The van der Waals surface area contributed by atoms with Gasteiger partial charge in [0.05, 0.1) is 22.5 Å². The highest BCUT2D eigenvalue weighted by Gasteiger charge is 2.15. The van der Waals surface area contributed by atoms with Crippen molar-refractivity contribution in [3.8, 4) is 0 Å². The van der Waals surface area contributed by atoms with E-state index in [9.17, 15) is 14.7 Å². The van der Waals surface area contributed by atoms with E-state index in [0.29, 0.717) is 4.47 Å². The molecule has 0 heterocycles. The van der Waals surface area contributed by atoms with E-state index in [1.54, 1.807) is 12.1 Å². The zero-order valence-corrected chi connectivity index (χ0v) is 12.8. The van der Waals surface area contributed by atoms with Gasteiger partial charge in [0.25, 0.3) is 0 Å². The highest BCUT2D eigenvalue weighted by molar-refractivity contribution is 9.10. The van der Waals surface area contributed by atoms with Crippen molar-refractivity contribution in [2.75, 3.05) is 5.32 Å². The minimum Gasteiger partial charge on any atom is -0.478 e. The summed E-state index contributed by atoms with van der Waals surface area (Å²) in [6, 6.07) is 8.88. The molecule has 0 aromatic heterocycles. The first kappa shape index (κ1) is 15.3. The highest BCUT2D eigenvalue weighted by atomic mass is 79.9. The van der Waals surface area contributed by atoms with Crippen LogP contribution in [0.3, 0.4) is 0 Å². The molecular formula is C14H9BrClNO4. The molecule has 21 heavy (non-hydrogen) atoms. The first-order chi connectivity index (χ1) is 9.88. The number of benzene rings is 2. The second-order valence-electron chi connectivity index (χ2n) is 4.12. The van der Waals surface area contributed by atoms with Crippen LogP contribution in [0.15, 0.2) is 40.9 Å². The first-order valence-corrected chi connectivity index (χ1v) is 6.88. The summed E-state index contributed by atoms with van der Waals surface area (Å²) in [7, 11) is 0. The molecule has 5 nitrogen and oxygen atoms in total. The van der Waals surface area contributed by atoms with Gasteiger partial charge < -0.3 is 15.5 Å². The zero-order valence-electron chi connectivity index (χ0n) is 10.4. The van der Waals surface area contributed by atoms with E-state index in [4.69, 9.17) is 16.7 Å². The lowest BCUT2D eigenvalue weighted by Crippen LogP contribution is -2.06. The Morgan fingerprint density at radius 2 is 1.62 bits per heavy atom. The van der Waals surface area contributed by atoms with Gasteiger partial charge in [-0.3, -0.25) is 0 Å². The molecule has 0 radical (unpaired) electrons. The molecule has 0 unspecified atom stereocenters. The average Bonchev–Trinajstić information content (AvgIpc) is 2.40. The van der Waals surface area contributed by atoms with E-state index in [0.717, 1.165) is 0 Å². The second kappa shape index (κ2) is 6.15. The maximum Gasteiger partial charge on any atom is 0.337 e. The number of carbonyl (C=O) groups is 2. The fraction of sp³-hybridized carbons (Fsp3) is 0. The molecule has 0 saturated heterocycles. The summed E-state index contributed by atoms with van der Waals surface area (Å²) < 4.78 is 0.667. The van der Waals surface area contributed by atoms with Crippen LogP contribution >= 0.6 is 27.5 Å². The number of carboxylic acid groups (broad SMARTS) is 2. The quantitative estimate of drug-likeness (QED) is 0.749. The van der Waals surface area contributed by atoms with Gasteiger partial charge in [-0.1, -0.05) is 27.5 Å². The number of aromatic carboxylic acids is 2. The Bertz CT molecular complexity index is 733. The standard InChI is InChI=1S/C14H9BrClNO4/c15-7-1-3-9(13(18)19)12(5-7)17-11-4-2-8(16)6-10(11)14(20)21/h1-6,17H,(H,18,19)(H,20,21). The minimum atomic E-state index is -1.16. The third-order valence-corrected chi connectivity index (χ3v) is 3.42. The molecule has 3 N–H and O–H groups in total. The van der Waals surface area contributed by atoms with E-state index >= 15 is 0 Å². The molecule has 0 aliphatic carbocycles. The van der Waals surface area contributed by atoms with Gasteiger partial charge in [0.2, 0.25) is 0 Å². The van der Waals surface area contributed by atoms with E-state index in [2.05, 4.69) is 21.2 Å². The van der Waals surface area contributed by atoms with E-state index in [1.807, 2.05) is 0 Å². The topological polar surface area (TPSA) is 86.6 Å². The van der Waals surface area contributed by atoms with E-state index < -0.39 is 11.9 Å². The number of rotatable bonds is 4. The number of halogens is 2. The van der Waals surface area contributed by atoms with Crippen molar-refractivity contribution in [1.29, 1.82) is 0 Å². The van der Waals surface area contributed by atoms with Crippen LogP contribution in [0, 0.1) is 0 Å². The number of carboxylic acids is 2. The van der Waals surface area contributed by atoms with Crippen LogP contribution in [0.5, 0.6) is 0 Å². The molecule has 7 heteroatoms. The Morgan fingerprint density at radius 1 is 0.952 bits per heavy atom. The van der Waals surface area contributed by atoms with Crippen molar-refractivity contribution in [1.82, 2.24) is 0 Å². The third kappa shape index (κ3) is 3.53. The zero-order chi connectivity index (χ0) is 15.6. The van der Waals surface area contributed by atoms with Crippen LogP contribution < -0.4 is 5.32 Å². The normalized spacial score (nSPS) is 10.2. The van der Waals surface area contributed by atoms with Crippen molar-refractivity contribution < 1.29 is 19.8 Å². The highest BCUT2D eigenvalue weighted by Crippen LogP contribution is 2.28. The lowest BCUT2D eigenvalue weighted by Gasteiger charge is -2.12. The predicted octanol–water partition coefficient (Wildman–Crippen LogP) is 4.24. The SMILES string of the molecule is O=C(O)c1ccc(Br)cc1Nc1ccc(Cl)cc1C(=O)O. The van der Waals surface area contributed by atoms with Gasteiger partial charge in [-0.05, 0) is 36.4 Å². The van der Waals surface area contributed by atoms with Crippen LogP contribution in [0.25, 0.3) is 0 Å². The molecule has 0 atom stereocenters. The predicted molar refractivity (Wildman–Crippen MR) is 82.8 cm³/mol. The van der Waals surface area contributed by atoms with Crippen molar-refractivity contribution in [3.63, 3.8) is 0 Å². The number of nitrogens with one attached hydrogen (secondary N) is 1.